The van der Waals surface area contributed by atoms with E-state index < -0.39 is 12.1 Å². The molecular formula is C7H6ClF3N2O. The first-order valence-corrected chi connectivity index (χ1v) is 3.82. The van der Waals surface area contributed by atoms with Gasteiger partial charge in [-0.3, -0.25) is 5.84 Å². The highest BCUT2D eigenvalue weighted by atomic mass is 35.5. The normalized spacial score (nSPS) is 11.2. The van der Waals surface area contributed by atoms with Gasteiger partial charge in [0.25, 0.3) is 0 Å². The van der Waals surface area contributed by atoms with Crippen molar-refractivity contribution in [3.8, 4) is 5.75 Å². The first kappa shape index (κ1) is 10.9. The van der Waals surface area contributed by atoms with Crippen LogP contribution in [0.2, 0.25) is 5.02 Å². The number of nitrogens with two attached hydrogens (primary N) is 1. The summed E-state index contributed by atoms with van der Waals surface area (Å²) in [6.45, 7) is 0. The van der Waals surface area contributed by atoms with Crippen molar-refractivity contribution in [1.29, 1.82) is 0 Å². The Kier molecular flexibility index (Phi) is 3.07. The van der Waals surface area contributed by atoms with E-state index in [0.29, 0.717) is 0 Å². The monoisotopic (exact) mass is 226 g/mol. The molecule has 0 saturated carbocycles. The van der Waals surface area contributed by atoms with Crippen molar-refractivity contribution in [3.63, 3.8) is 0 Å². The van der Waals surface area contributed by atoms with Crippen molar-refractivity contribution < 1.29 is 17.9 Å². The second kappa shape index (κ2) is 3.93. The third-order valence-corrected chi connectivity index (χ3v) is 1.56. The molecule has 0 radical (unpaired) electrons. The fraction of sp³-hybridized carbons (Fsp3) is 0.143. The summed E-state index contributed by atoms with van der Waals surface area (Å²) in [6.07, 6.45) is -4.75. The molecule has 0 amide bonds. The molecule has 0 fully saturated rings. The molecule has 3 nitrogen and oxygen atoms in total. The number of alkyl halides is 3. The molecule has 0 aliphatic heterocycles. The van der Waals surface area contributed by atoms with E-state index in [-0.39, 0.29) is 10.7 Å². The Morgan fingerprint density at radius 2 is 2.00 bits per heavy atom. The van der Waals surface area contributed by atoms with Crippen LogP contribution in [0.15, 0.2) is 18.2 Å². The van der Waals surface area contributed by atoms with Gasteiger partial charge < -0.3 is 10.2 Å². The van der Waals surface area contributed by atoms with Crippen molar-refractivity contribution in [2.24, 2.45) is 5.84 Å². The van der Waals surface area contributed by atoms with Crippen LogP contribution in [0.1, 0.15) is 0 Å². The average molecular weight is 227 g/mol. The quantitative estimate of drug-likeness (QED) is 0.602. The van der Waals surface area contributed by atoms with Crippen molar-refractivity contribution >= 4 is 17.3 Å². The van der Waals surface area contributed by atoms with Crippen molar-refractivity contribution in [3.05, 3.63) is 23.2 Å². The van der Waals surface area contributed by atoms with Gasteiger partial charge in [-0.15, -0.1) is 13.2 Å². The van der Waals surface area contributed by atoms with E-state index in [4.69, 9.17) is 17.4 Å². The van der Waals surface area contributed by atoms with Crippen LogP contribution in [0.5, 0.6) is 5.75 Å². The summed E-state index contributed by atoms with van der Waals surface area (Å²) in [7, 11) is 0. The summed E-state index contributed by atoms with van der Waals surface area (Å²) in [4.78, 5) is 0. The molecule has 0 aromatic heterocycles. The predicted molar refractivity (Wildman–Crippen MR) is 45.9 cm³/mol. The predicted octanol–water partition coefficient (Wildman–Crippen LogP) is 2.52. The molecule has 0 spiro atoms. The van der Waals surface area contributed by atoms with Crippen LogP contribution < -0.4 is 16.0 Å². The van der Waals surface area contributed by atoms with Gasteiger partial charge in [-0.25, -0.2) is 0 Å². The van der Waals surface area contributed by atoms with Gasteiger partial charge >= 0.3 is 6.36 Å². The SMILES string of the molecule is NNc1cc(Cl)ccc1OC(F)(F)F. The van der Waals surface area contributed by atoms with E-state index in [1.165, 1.54) is 12.1 Å². The molecule has 0 saturated heterocycles. The molecule has 0 unspecified atom stereocenters. The number of anilines is 1. The van der Waals surface area contributed by atoms with Gasteiger partial charge in [-0.1, -0.05) is 11.6 Å². The molecule has 1 aromatic rings. The van der Waals surface area contributed by atoms with Gasteiger partial charge in [0.15, 0.2) is 5.75 Å². The number of nitrogen functional groups attached to an aromatic ring is 1. The summed E-state index contributed by atoms with van der Waals surface area (Å²) in [6, 6.07) is 3.57. The summed E-state index contributed by atoms with van der Waals surface area (Å²) < 4.78 is 39.2. The lowest BCUT2D eigenvalue weighted by Gasteiger charge is -2.12. The number of ether oxygens (including phenoxy) is 1. The number of halogens is 4. The first-order valence-electron chi connectivity index (χ1n) is 3.44. The maximum Gasteiger partial charge on any atom is 0.573 e. The maximum absolute atomic E-state index is 11.8. The maximum atomic E-state index is 11.8. The minimum atomic E-state index is -4.75. The van der Waals surface area contributed by atoms with Crippen LogP contribution in [0, 0.1) is 0 Å². The highest BCUT2D eigenvalue weighted by Gasteiger charge is 2.32. The van der Waals surface area contributed by atoms with Gasteiger partial charge in [0.2, 0.25) is 0 Å². The molecule has 0 atom stereocenters. The fourth-order valence-electron chi connectivity index (χ4n) is 0.829. The standard InChI is InChI=1S/C7H6ClF3N2O/c8-4-1-2-6(5(3-4)13-12)14-7(9,10)11/h1-3,13H,12H2. The number of hydrazine groups is 1. The lowest BCUT2D eigenvalue weighted by molar-refractivity contribution is -0.274. The molecule has 0 aliphatic carbocycles. The van der Waals surface area contributed by atoms with E-state index in [0.717, 1.165) is 6.07 Å². The van der Waals surface area contributed by atoms with Gasteiger partial charge in [-0.05, 0) is 18.2 Å². The summed E-state index contributed by atoms with van der Waals surface area (Å²) in [5.41, 5.74) is 2.02. The summed E-state index contributed by atoms with van der Waals surface area (Å²) in [5, 5.41) is 0.257. The number of nitrogens with one attached hydrogen (secondary N) is 1. The average Bonchev–Trinajstić information content (AvgIpc) is 2.06. The van der Waals surface area contributed by atoms with E-state index in [1.54, 1.807) is 0 Å². The van der Waals surface area contributed by atoms with Gasteiger partial charge in [0.1, 0.15) is 0 Å². The molecule has 0 aliphatic rings. The zero-order chi connectivity index (χ0) is 10.8. The lowest BCUT2D eigenvalue weighted by Crippen LogP contribution is -2.19. The third kappa shape index (κ3) is 2.97. The molecule has 1 aromatic carbocycles. The molecule has 14 heavy (non-hydrogen) atoms. The van der Waals surface area contributed by atoms with Crippen LogP contribution >= 0.6 is 11.6 Å². The Labute approximate surface area is 82.6 Å². The van der Waals surface area contributed by atoms with E-state index in [9.17, 15) is 13.2 Å². The largest absolute Gasteiger partial charge is 0.573 e. The van der Waals surface area contributed by atoms with E-state index in [1.807, 2.05) is 5.43 Å². The van der Waals surface area contributed by atoms with E-state index >= 15 is 0 Å². The fourth-order valence-corrected chi connectivity index (χ4v) is 1.00. The Bertz CT molecular complexity index is 329. The molecule has 78 valence electrons. The lowest BCUT2D eigenvalue weighted by atomic mass is 10.3. The second-order valence-corrected chi connectivity index (χ2v) is 2.77. The van der Waals surface area contributed by atoms with Crippen molar-refractivity contribution in [1.82, 2.24) is 0 Å². The molecule has 0 bridgehead atoms. The van der Waals surface area contributed by atoms with Crippen LogP contribution in [0.25, 0.3) is 0 Å². The Hall–Kier alpha value is -1.14. The van der Waals surface area contributed by atoms with Gasteiger partial charge in [0.05, 0.1) is 5.69 Å². The first-order chi connectivity index (χ1) is 6.42. The summed E-state index contributed by atoms with van der Waals surface area (Å²) in [5.74, 6) is 4.56. The van der Waals surface area contributed by atoms with Crippen LogP contribution in [-0.2, 0) is 0 Å². The number of hydrogen-bond acceptors (Lipinski definition) is 3. The minimum Gasteiger partial charge on any atom is -0.404 e. The summed E-state index contributed by atoms with van der Waals surface area (Å²) >= 11 is 5.53. The highest BCUT2D eigenvalue weighted by Crippen LogP contribution is 2.31. The Morgan fingerprint density at radius 1 is 1.36 bits per heavy atom. The number of benzene rings is 1. The van der Waals surface area contributed by atoms with E-state index in [2.05, 4.69) is 4.74 Å². The zero-order valence-corrected chi connectivity index (χ0v) is 7.49. The minimum absolute atomic E-state index is 0.0326. The third-order valence-electron chi connectivity index (χ3n) is 1.32. The Balaban J connectivity index is 2.97. The number of hydrogen-bond donors (Lipinski definition) is 2. The second-order valence-electron chi connectivity index (χ2n) is 2.33. The zero-order valence-electron chi connectivity index (χ0n) is 6.73. The van der Waals surface area contributed by atoms with Crippen molar-refractivity contribution in [2.75, 3.05) is 5.43 Å². The van der Waals surface area contributed by atoms with Crippen LogP contribution in [-0.4, -0.2) is 6.36 Å². The smallest absolute Gasteiger partial charge is 0.404 e. The molecule has 1 rings (SSSR count). The van der Waals surface area contributed by atoms with Crippen LogP contribution in [0.4, 0.5) is 18.9 Å². The van der Waals surface area contributed by atoms with Gasteiger partial charge in [0, 0.05) is 5.02 Å². The highest BCUT2D eigenvalue weighted by molar-refractivity contribution is 6.30. The number of rotatable bonds is 2. The van der Waals surface area contributed by atoms with Gasteiger partial charge in [-0.2, -0.15) is 0 Å². The Morgan fingerprint density at radius 3 is 2.50 bits per heavy atom. The molecule has 0 heterocycles. The molecule has 7 heteroatoms. The van der Waals surface area contributed by atoms with Crippen molar-refractivity contribution in [2.45, 2.75) is 6.36 Å². The topological polar surface area (TPSA) is 47.3 Å². The molecular weight excluding hydrogens is 221 g/mol. The molecule has 3 N–H and O–H groups in total. The van der Waals surface area contributed by atoms with Crippen LogP contribution in [0.3, 0.4) is 0 Å².